The standard InChI is InChI=1S/C14H8N6S4/c1-3-9(7-15-5-1)11-13(19-23-17-11)21-22-14-12(18-24-20-14)10-4-2-6-16-8-10/h1-8H. The molecule has 24 heavy (non-hydrogen) atoms. The Morgan fingerprint density at radius 3 is 1.58 bits per heavy atom. The minimum Gasteiger partial charge on any atom is -0.264 e. The Labute approximate surface area is 153 Å². The molecular formula is C14H8N6S4. The number of nitrogens with zero attached hydrogens (tertiary/aromatic N) is 6. The largest absolute Gasteiger partial charge is 0.264 e. The molecule has 0 unspecified atom stereocenters. The predicted molar refractivity (Wildman–Crippen MR) is 98.0 cm³/mol. The first kappa shape index (κ1) is 15.6. The van der Waals surface area contributed by atoms with E-state index in [-0.39, 0.29) is 0 Å². The van der Waals surface area contributed by atoms with E-state index < -0.39 is 0 Å². The molecule has 0 radical (unpaired) electrons. The van der Waals surface area contributed by atoms with Crippen LogP contribution in [0.4, 0.5) is 0 Å². The summed E-state index contributed by atoms with van der Waals surface area (Å²) >= 11 is 2.39. The van der Waals surface area contributed by atoms with Crippen molar-refractivity contribution in [1.29, 1.82) is 0 Å². The lowest BCUT2D eigenvalue weighted by atomic mass is 10.2. The molecule has 0 saturated heterocycles. The highest BCUT2D eigenvalue weighted by Gasteiger charge is 2.16. The number of pyridine rings is 2. The number of rotatable bonds is 5. The summed E-state index contributed by atoms with van der Waals surface area (Å²) < 4.78 is 17.5. The van der Waals surface area contributed by atoms with Gasteiger partial charge in [0.1, 0.15) is 21.4 Å². The number of hydrogen-bond donors (Lipinski definition) is 0. The van der Waals surface area contributed by atoms with Crippen LogP contribution in [-0.4, -0.2) is 27.5 Å². The van der Waals surface area contributed by atoms with Crippen molar-refractivity contribution in [2.45, 2.75) is 10.1 Å². The van der Waals surface area contributed by atoms with E-state index in [0.717, 1.165) is 32.6 Å². The topological polar surface area (TPSA) is 77.3 Å². The van der Waals surface area contributed by atoms with Gasteiger partial charge in [-0.15, -0.1) is 0 Å². The normalized spacial score (nSPS) is 10.8. The molecule has 0 aliphatic heterocycles. The fraction of sp³-hybridized carbons (Fsp3) is 0. The number of hydrogen-bond acceptors (Lipinski definition) is 10. The van der Waals surface area contributed by atoms with Crippen LogP contribution in [0.5, 0.6) is 0 Å². The predicted octanol–water partition coefficient (Wildman–Crippen LogP) is 4.31. The molecule has 4 aromatic heterocycles. The van der Waals surface area contributed by atoms with Gasteiger partial charge in [0.05, 0.1) is 23.5 Å². The molecule has 0 bridgehead atoms. The summed E-state index contributed by atoms with van der Waals surface area (Å²) in [6, 6.07) is 7.73. The summed E-state index contributed by atoms with van der Waals surface area (Å²) in [6.07, 6.45) is 7.06. The lowest BCUT2D eigenvalue weighted by Crippen LogP contribution is -1.83. The quantitative estimate of drug-likeness (QED) is 0.468. The molecule has 4 rings (SSSR count). The molecule has 0 aliphatic rings. The third-order valence-corrected chi connectivity index (χ3v) is 6.44. The van der Waals surface area contributed by atoms with E-state index in [1.807, 2.05) is 24.3 Å². The zero-order valence-electron chi connectivity index (χ0n) is 11.9. The van der Waals surface area contributed by atoms with Crippen LogP contribution >= 0.6 is 45.0 Å². The fourth-order valence-corrected chi connectivity index (χ4v) is 5.55. The smallest absolute Gasteiger partial charge is 0.149 e. The van der Waals surface area contributed by atoms with Crippen molar-refractivity contribution in [3.63, 3.8) is 0 Å². The highest BCUT2D eigenvalue weighted by atomic mass is 33.1. The molecule has 0 fully saturated rings. The van der Waals surface area contributed by atoms with Gasteiger partial charge in [0.2, 0.25) is 0 Å². The Bertz CT molecular complexity index is 847. The van der Waals surface area contributed by atoms with Crippen LogP contribution in [0.1, 0.15) is 0 Å². The average Bonchev–Trinajstić information content (AvgIpc) is 3.30. The summed E-state index contributed by atoms with van der Waals surface area (Å²) in [5.41, 5.74) is 3.60. The molecule has 0 spiro atoms. The van der Waals surface area contributed by atoms with Gasteiger partial charge in [-0.05, 0) is 45.9 Å². The lowest BCUT2D eigenvalue weighted by Gasteiger charge is -2.01. The highest BCUT2D eigenvalue weighted by molar-refractivity contribution is 8.76. The highest BCUT2D eigenvalue weighted by Crippen LogP contribution is 2.43. The van der Waals surface area contributed by atoms with E-state index in [1.54, 1.807) is 24.8 Å². The summed E-state index contributed by atoms with van der Waals surface area (Å²) in [7, 11) is 3.05. The maximum absolute atomic E-state index is 4.38. The van der Waals surface area contributed by atoms with Crippen LogP contribution in [0.2, 0.25) is 0 Å². The SMILES string of the molecule is c1cncc(-c2nsnc2SSc2nsnc2-c2cccnc2)c1. The van der Waals surface area contributed by atoms with Crippen LogP contribution < -0.4 is 0 Å². The Kier molecular flexibility index (Phi) is 4.78. The van der Waals surface area contributed by atoms with Gasteiger partial charge in [-0.3, -0.25) is 9.97 Å². The van der Waals surface area contributed by atoms with Crippen molar-refractivity contribution in [2.75, 3.05) is 0 Å². The van der Waals surface area contributed by atoms with E-state index >= 15 is 0 Å². The number of aromatic nitrogens is 6. The zero-order chi connectivity index (χ0) is 16.2. The van der Waals surface area contributed by atoms with Crippen molar-refractivity contribution in [3.8, 4) is 22.5 Å². The minimum absolute atomic E-state index is 0.844. The molecule has 0 N–H and O–H groups in total. The summed E-state index contributed by atoms with van der Waals surface area (Å²) in [5, 5.41) is 1.70. The van der Waals surface area contributed by atoms with Gasteiger partial charge in [0.15, 0.2) is 0 Å². The second-order valence-corrected chi connectivity index (χ2v) is 7.65. The third kappa shape index (κ3) is 3.31. The van der Waals surface area contributed by atoms with Gasteiger partial charge in [0, 0.05) is 35.9 Å². The van der Waals surface area contributed by atoms with Crippen molar-refractivity contribution in [1.82, 2.24) is 27.5 Å². The maximum Gasteiger partial charge on any atom is 0.149 e. The first-order valence-corrected chi connectivity index (χ1v) is 10.3. The first-order valence-electron chi connectivity index (χ1n) is 6.72. The van der Waals surface area contributed by atoms with Gasteiger partial charge in [0.25, 0.3) is 0 Å². The molecule has 0 amide bonds. The van der Waals surface area contributed by atoms with E-state index in [0.29, 0.717) is 0 Å². The summed E-state index contributed by atoms with van der Waals surface area (Å²) in [5.74, 6) is 0. The minimum atomic E-state index is 0.844. The van der Waals surface area contributed by atoms with Gasteiger partial charge in [-0.2, -0.15) is 17.5 Å². The van der Waals surface area contributed by atoms with E-state index in [2.05, 4.69) is 27.5 Å². The Morgan fingerprint density at radius 2 is 1.17 bits per heavy atom. The van der Waals surface area contributed by atoms with Crippen LogP contribution in [-0.2, 0) is 0 Å². The monoisotopic (exact) mass is 388 g/mol. The van der Waals surface area contributed by atoms with Crippen molar-refractivity contribution in [3.05, 3.63) is 49.1 Å². The third-order valence-electron chi connectivity index (χ3n) is 2.99. The lowest BCUT2D eigenvalue weighted by molar-refractivity contribution is 1.24. The van der Waals surface area contributed by atoms with Crippen LogP contribution in [0, 0.1) is 0 Å². The van der Waals surface area contributed by atoms with Crippen LogP contribution in [0.15, 0.2) is 59.1 Å². The van der Waals surface area contributed by atoms with E-state index in [1.165, 1.54) is 45.0 Å². The molecule has 0 aromatic carbocycles. The van der Waals surface area contributed by atoms with E-state index in [9.17, 15) is 0 Å². The Balaban J connectivity index is 1.56. The van der Waals surface area contributed by atoms with Crippen molar-refractivity contribution >= 4 is 45.0 Å². The molecule has 0 saturated carbocycles. The molecule has 4 aromatic rings. The van der Waals surface area contributed by atoms with Gasteiger partial charge < -0.3 is 0 Å². The Hall–Kier alpha value is -1.88. The second-order valence-electron chi connectivity index (χ2n) is 4.49. The van der Waals surface area contributed by atoms with Gasteiger partial charge in [-0.25, -0.2) is 0 Å². The average molecular weight is 389 g/mol. The molecule has 4 heterocycles. The molecule has 10 heteroatoms. The van der Waals surface area contributed by atoms with Crippen LogP contribution in [0.25, 0.3) is 22.5 Å². The van der Waals surface area contributed by atoms with Crippen molar-refractivity contribution in [2.24, 2.45) is 0 Å². The molecule has 0 atom stereocenters. The van der Waals surface area contributed by atoms with Crippen molar-refractivity contribution < 1.29 is 0 Å². The molecular weight excluding hydrogens is 380 g/mol. The first-order chi connectivity index (χ1) is 11.9. The van der Waals surface area contributed by atoms with Gasteiger partial charge in [-0.1, -0.05) is 0 Å². The van der Waals surface area contributed by atoms with Crippen LogP contribution in [0.3, 0.4) is 0 Å². The summed E-state index contributed by atoms with van der Waals surface area (Å²) in [6.45, 7) is 0. The fourth-order valence-electron chi connectivity index (χ4n) is 1.91. The molecule has 0 aliphatic carbocycles. The summed E-state index contributed by atoms with van der Waals surface area (Å²) in [4.78, 5) is 8.28. The maximum atomic E-state index is 4.38. The van der Waals surface area contributed by atoms with Gasteiger partial charge >= 0.3 is 0 Å². The zero-order valence-corrected chi connectivity index (χ0v) is 15.2. The van der Waals surface area contributed by atoms with E-state index in [4.69, 9.17) is 0 Å². The molecule has 118 valence electrons. The Morgan fingerprint density at radius 1 is 0.667 bits per heavy atom. The second kappa shape index (κ2) is 7.34. The molecule has 6 nitrogen and oxygen atoms in total.